The molecule has 0 unspecified atom stereocenters. The maximum Gasteiger partial charge on any atom is 0.343 e. The molecule has 1 amide bonds. The van der Waals surface area contributed by atoms with Gasteiger partial charge in [-0.25, -0.2) is 4.79 Å². The van der Waals surface area contributed by atoms with E-state index in [1.807, 2.05) is 30.3 Å². The Labute approximate surface area is 190 Å². The SMILES string of the molecule is Cc1oc(-n2cccc2)c(C#N)c1C(=O)OCC(=O)N1CCN(c2cccc(Cl)c2)CC1. The summed E-state index contributed by atoms with van der Waals surface area (Å²) in [6, 6.07) is 13.1. The summed E-state index contributed by atoms with van der Waals surface area (Å²) in [7, 11) is 0. The second-order valence-corrected chi connectivity index (χ2v) is 7.78. The van der Waals surface area contributed by atoms with E-state index in [-0.39, 0.29) is 28.7 Å². The molecule has 3 aromatic rings. The Hall–Kier alpha value is -3.70. The van der Waals surface area contributed by atoms with E-state index in [9.17, 15) is 14.9 Å². The highest BCUT2D eigenvalue weighted by Gasteiger charge is 2.27. The number of piperazine rings is 1. The number of carbonyl (C=O) groups is 2. The van der Waals surface area contributed by atoms with Gasteiger partial charge >= 0.3 is 5.97 Å². The van der Waals surface area contributed by atoms with Crippen LogP contribution in [-0.2, 0) is 9.53 Å². The summed E-state index contributed by atoms with van der Waals surface area (Å²) in [5.74, 6) is -0.537. The zero-order valence-electron chi connectivity index (χ0n) is 17.5. The van der Waals surface area contributed by atoms with E-state index in [0.717, 1.165) is 5.69 Å². The molecule has 8 nitrogen and oxygen atoms in total. The van der Waals surface area contributed by atoms with Gasteiger partial charge < -0.3 is 19.0 Å². The first-order chi connectivity index (χ1) is 15.5. The van der Waals surface area contributed by atoms with Crippen molar-refractivity contribution in [3.8, 4) is 12.0 Å². The topological polar surface area (TPSA) is 91.7 Å². The Morgan fingerprint density at radius 2 is 1.88 bits per heavy atom. The Morgan fingerprint density at radius 1 is 1.16 bits per heavy atom. The van der Waals surface area contributed by atoms with E-state index < -0.39 is 12.6 Å². The molecule has 32 heavy (non-hydrogen) atoms. The van der Waals surface area contributed by atoms with Crippen LogP contribution in [-0.4, -0.2) is 54.1 Å². The van der Waals surface area contributed by atoms with Crippen molar-refractivity contribution in [1.82, 2.24) is 9.47 Å². The Bertz CT molecular complexity index is 1170. The molecule has 1 fully saturated rings. The van der Waals surface area contributed by atoms with Crippen LogP contribution in [0.2, 0.25) is 5.02 Å². The second-order valence-electron chi connectivity index (χ2n) is 7.34. The highest BCUT2D eigenvalue weighted by atomic mass is 35.5. The lowest BCUT2D eigenvalue weighted by atomic mass is 10.1. The highest BCUT2D eigenvalue weighted by molar-refractivity contribution is 6.30. The molecule has 1 aliphatic rings. The maximum atomic E-state index is 12.7. The number of halogens is 1. The second kappa shape index (κ2) is 9.20. The van der Waals surface area contributed by atoms with Crippen LogP contribution < -0.4 is 4.90 Å². The van der Waals surface area contributed by atoms with Gasteiger partial charge in [-0.1, -0.05) is 17.7 Å². The van der Waals surface area contributed by atoms with Gasteiger partial charge in [0.15, 0.2) is 6.61 Å². The molecule has 3 heterocycles. The van der Waals surface area contributed by atoms with Gasteiger partial charge in [0.25, 0.3) is 5.91 Å². The van der Waals surface area contributed by atoms with Crippen LogP contribution >= 0.6 is 11.6 Å². The van der Waals surface area contributed by atoms with Crippen molar-refractivity contribution in [1.29, 1.82) is 5.26 Å². The third kappa shape index (κ3) is 4.34. The van der Waals surface area contributed by atoms with Crippen molar-refractivity contribution in [2.45, 2.75) is 6.92 Å². The number of aromatic nitrogens is 1. The average Bonchev–Trinajstić information content (AvgIpc) is 3.45. The number of benzene rings is 1. The number of nitriles is 1. The van der Waals surface area contributed by atoms with Crippen molar-refractivity contribution in [2.24, 2.45) is 0 Å². The van der Waals surface area contributed by atoms with Gasteiger partial charge in [0.1, 0.15) is 23.0 Å². The lowest BCUT2D eigenvalue weighted by Gasteiger charge is -2.36. The highest BCUT2D eigenvalue weighted by Crippen LogP contribution is 2.26. The number of nitrogens with zero attached hydrogens (tertiary/aromatic N) is 4. The number of rotatable bonds is 5. The molecule has 1 saturated heterocycles. The lowest BCUT2D eigenvalue weighted by Crippen LogP contribution is -2.49. The molecule has 2 aromatic heterocycles. The number of amides is 1. The van der Waals surface area contributed by atoms with Crippen molar-refractivity contribution in [2.75, 3.05) is 37.7 Å². The van der Waals surface area contributed by atoms with Gasteiger partial charge in [-0.3, -0.25) is 9.36 Å². The molecule has 0 radical (unpaired) electrons. The number of anilines is 1. The molecule has 1 aliphatic heterocycles. The fraction of sp³-hybridized carbons (Fsp3) is 0.261. The Morgan fingerprint density at radius 3 is 2.53 bits per heavy atom. The van der Waals surface area contributed by atoms with Gasteiger partial charge in [0, 0.05) is 49.3 Å². The number of carbonyl (C=O) groups excluding carboxylic acids is 2. The molecular formula is C23H21ClN4O4. The van der Waals surface area contributed by atoms with Gasteiger partial charge in [-0.15, -0.1) is 0 Å². The van der Waals surface area contributed by atoms with Crippen LogP contribution in [0.4, 0.5) is 5.69 Å². The number of aryl methyl sites for hydroxylation is 1. The summed E-state index contributed by atoms with van der Waals surface area (Å²) in [5.41, 5.74) is 1.12. The van der Waals surface area contributed by atoms with E-state index in [1.54, 1.807) is 40.9 Å². The molecular weight excluding hydrogens is 432 g/mol. The molecule has 1 aromatic carbocycles. The summed E-state index contributed by atoms with van der Waals surface area (Å²) in [5, 5.41) is 10.2. The number of hydrogen-bond donors (Lipinski definition) is 0. The van der Waals surface area contributed by atoms with E-state index in [0.29, 0.717) is 31.2 Å². The zero-order valence-corrected chi connectivity index (χ0v) is 18.2. The van der Waals surface area contributed by atoms with Gasteiger partial charge in [0.05, 0.1) is 0 Å². The van der Waals surface area contributed by atoms with Crippen molar-refractivity contribution in [3.63, 3.8) is 0 Å². The quantitative estimate of drug-likeness (QED) is 0.551. The summed E-state index contributed by atoms with van der Waals surface area (Å²) in [6.45, 7) is 3.51. The van der Waals surface area contributed by atoms with Crippen molar-refractivity contribution < 1.29 is 18.7 Å². The molecule has 0 bridgehead atoms. The maximum absolute atomic E-state index is 12.7. The minimum Gasteiger partial charge on any atom is -0.452 e. The molecule has 9 heteroatoms. The van der Waals surface area contributed by atoms with Gasteiger partial charge in [0.2, 0.25) is 5.88 Å². The summed E-state index contributed by atoms with van der Waals surface area (Å²) < 4.78 is 12.5. The third-order valence-corrected chi connectivity index (χ3v) is 5.59. The van der Waals surface area contributed by atoms with Crippen LogP contribution in [0.3, 0.4) is 0 Å². The number of furan rings is 1. The van der Waals surface area contributed by atoms with Crippen molar-refractivity contribution in [3.05, 3.63) is 70.7 Å². The molecule has 4 rings (SSSR count). The number of esters is 1. The van der Waals surface area contributed by atoms with Crippen LogP contribution in [0.15, 0.2) is 53.2 Å². The monoisotopic (exact) mass is 452 g/mol. The third-order valence-electron chi connectivity index (χ3n) is 5.35. The minimum absolute atomic E-state index is 0.0368. The first kappa shape index (κ1) is 21.5. The summed E-state index contributed by atoms with van der Waals surface area (Å²) in [6.07, 6.45) is 3.42. The lowest BCUT2D eigenvalue weighted by molar-refractivity contribution is -0.134. The van der Waals surface area contributed by atoms with Crippen LogP contribution in [0.5, 0.6) is 0 Å². The normalized spacial score (nSPS) is 13.7. The molecule has 0 atom stereocenters. The van der Waals surface area contributed by atoms with Crippen molar-refractivity contribution >= 4 is 29.2 Å². The Balaban J connectivity index is 1.36. The minimum atomic E-state index is -0.757. The number of hydrogen-bond acceptors (Lipinski definition) is 6. The molecule has 0 aliphatic carbocycles. The van der Waals surface area contributed by atoms with Crippen LogP contribution in [0, 0.1) is 18.3 Å². The molecule has 0 spiro atoms. The largest absolute Gasteiger partial charge is 0.452 e. The fourth-order valence-electron chi connectivity index (χ4n) is 3.71. The smallest absolute Gasteiger partial charge is 0.343 e. The predicted molar refractivity (Wildman–Crippen MR) is 118 cm³/mol. The molecule has 0 saturated carbocycles. The first-order valence-corrected chi connectivity index (χ1v) is 10.5. The van der Waals surface area contributed by atoms with Crippen LogP contribution in [0.1, 0.15) is 21.7 Å². The Kier molecular flexibility index (Phi) is 6.19. The van der Waals surface area contributed by atoms with E-state index in [1.165, 1.54) is 0 Å². The zero-order chi connectivity index (χ0) is 22.7. The van der Waals surface area contributed by atoms with E-state index in [4.69, 9.17) is 20.8 Å². The standard InChI is InChI=1S/C23H21ClN4O4/c1-16-21(19(14-25)22(32-16)28-7-2-3-8-28)23(30)31-15-20(29)27-11-9-26(10-12-27)18-6-4-5-17(24)13-18/h2-8,13H,9-12,15H2,1H3. The predicted octanol–water partition coefficient (Wildman–Crippen LogP) is 3.41. The van der Waals surface area contributed by atoms with E-state index >= 15 is 0 Å². The summed E-state index contributed by atoms with van der Waals surface area (Å²) >= 11 is 6.06. The summed E-state index contributed by atoms with van der Waals surface area (Å²) in [4.78, 5) is 29.0. The number of ether oxygens (including phenoxy) is 1. The first-order valence-electron chi connectivity index (χ1n) is 10.1. The average molecular weight is 453 g/mol. The molecule has 164 valence electrons. The molecule has 0 N–H and O–H groups in total. The van der Waals surface area contributed by atoms with Gasteiger partial charge in [-0.2, -0.15) is 5.26 Å². The van der Waals surface area contributed by atoms with Gasteiger partial charge in [-0.05, 0) is 37.3 Å². The van der Waals surface area contributed by atoms with Crippen LogP contribution in [0.25, 0.3) is 5.88 Å². The van der Waals surface area contributed by atoms with E-state index in [2.05, 4.69) is 4.90 Å². The fourth-order valence-corrected chi connectivity index (χ4v) is 3.89.